The highest BCUT2D eigenvalue weighted by Gasteiger charge is 2.56. The minimum absolute atomic E-state index is 0.229. The fourth-order valence-electron chi connectivity index (χ4n) is 24.3. The average molecular weight is 1630 g/mol. The second kappa shape index (κ2) is 34.0. The van der Waals surface area contributed by atoms with Gasteiger partial charge in [0.25, 0.3) is 0 Å². The Balaban J connectivity index is 0.877. The van der Waals surface area contributed by atoms with Crippen molar-refractivity contribution in [2.45, 2.75) is 203 Å². The van der Waals surface area contributed by atoms with Crippen molar-refractivity contribution in [1.29, 1.82) is 0 Å². The third kappa shape index (κ3) is 13.0. The van der Waals surface area contributed by atoms with E-state index in [4.69, 9.17) is 8.83 Å². The molecular weight excluding hydrogens is 1510 g/mol. The zero-order valence-electron chi connectivity index (χ0n) is 73.5. The van der Waals surface area contributed by atoms with Gasteiger partial charge in [0.15, 0.2) is 0 Å². The molecule has 125 heavy (non-hydrogen) atoms. The van der Waals surface area contributed by atoms with Gasteiger partial charge in [-0.2, -0.15) is 0 Å². The SMILES string of the molecule is CCCCCCCC1(CCCCCCC)c2ccccc2-c2c1c1c(c3c2oc2ccccc23)-c2ccc(N(c3ccc4c(c3)C(c3ccccc3)(c3ccccc3)c3cc5c(cc3-4)C(c3ccccc3)(c3ccccc3)c3ccc4oc6ccccc6c4c3-5)c3c(-c4ccccc4)cccc3-c3ccccc3)cc2C1(CCCCCCC)CCCCCCC. The van der Waals surface area contributed by atoms with Crippen LogP contribution in [0.3, 0.4) is 0 Å². The van der Waals surface area contributed by atoms with Gasteiger partial charge in [0.05, 0.1) is 16.5 Å². The van der Waals surface area contributed by atoms with Crippen LogP contribution in [-0.4, -0.2) is 0 Å². The van der Waals surface area contributed by atoms with Crippen LogP contribution in [0.15, 0.2) is 342 Å². The third-order valence-corrected chi connectivity index (χ3v) is 29.8. The molecule has 15 aromatic carbocycles. The summed E-state index contributed by atoms with van der Waals surface area (Å²) in [4.78, 5) is 2.76. The van der Waals surface area contributed by atoms with E-state index in [1.165, 1.54) is 249 Å². The largest absolute Gasteiger partial charge is 0.456 e. The number of anilines is 3. The topological polar surface area (TPSA) is 29.5 Å². The molecule has 0 atom stereocenters. The van der Waals surface area contributed by atoms with Gasteiger partial charge >= 0.3 is 0 Å². The highest BCUT2D eigenvalue weighted by molar-refractivity contribution is 6.22. The van der Waals surface area contributed by atoms with E-state index in [9.17, 15) is 0 Å². The van der Waals surface area contributed by atoms with Crippen LogP contribution in [0.4, 0.5) is 17.1 Å². The molecule has 3 heteroatoms. The molecule has 3 nitrogen and oxygen atoms in total. The summed E-state index contributed by atoms with van der Waals surface area (Å²) in [5.74, 6) is 0. The summed E-state index contributed by atoms with van der Waals surface area (Å²) in [6.45, 7) is 9.51. The van der Waals surface area contributed by atoms with Crippen LogP contribution >= 0.6 is 0 Å². The second-order valence-corrected chi connectivity index (χ2v) is 36.8. The van der Waals surface area contributed by atoms with Gasteiger partial charge in [-0.1, -0.05) is 435 Å². The highest BCUT2D eigenvalue weighted by atomic mass is 16.3. The molecule has 2 aromatic heterocycles. The Kier molecular flexibility index (Phi) is 21.7. The van der Waals surface area contributed by atoms with Gasteiger partial charge in [-0.05, 0) is 197 Å². The minimum Gasteiger partial charge on any atom is -0.456 e. The van der Waals surface area contributed by atoms with E-state index < -0.39 is 10.8 Å². The number of hydrogen-bond donors (Lipinski definition) is 0. The number of unbranched alkanes of at least 4 members (excludes halogenated alkanes) is 16. The maximum Gasteiger partial charge on any atom is 0.144 e. The maximum absolute atomic E-state index is 7.75. The molecule has 17 aromatic rings. The molecule has 4 aliphatic rings. The Bertz CT molecular complexity index is 6620. The zero-order valence-corrected chi connectivity index (χ0v) is 73.5. The van der Waals surface area contributed by atoms with Crippen molar-refractivity contribution in [3.63, 3.8) is 0 Å². The van der Waals surface area contributed by atoms with Crippen LogP contribution < -0.4 is 4.90 Å². The maximum atomic E-state index is 7.75. The van der Waals surface area contributed by atoms with Gasteiger partial charge in [-0.25, -0.2) is 0 Å². The third-order valence-electron chi connectivity index (χ3n) is 29.8. The molecule has 0 radical (unpaired) electrons. The van der Waals surface area contributed by atoms with Crippen LogP contribution in [0.2, 0.25) is 0 Å². The van der Waals surface area contributed by atoms with Crippen molar-refractivity contribution in [3.05, 3.63) is 400 Å². The predicted molar refractivity (Wildman–Crippen MR) is 527 cm³/mol. The van der Waals surface area contributed by atoms with E-state index in [0.717, 1.165) is 88.7 Å². The first-order chi connectivity index (χ1) is 61.9. The van der Waals surface area contributed by atoms with Gasteiger partial charge in [-0.15, -0.1) is 0 Å². The number of nitrogens with zero attached hydrogens (tertiary/aromatic N) is 1. The average Bonchev–Trinajstić information content (AvgIpc) is 1.50. The van der Waals surface area contributed by atoms with E-state index >= 15 is 0 Å². The van der Waals surface area contributed by atoms with Gasteiger partial charge in [0.1, 0.15) is 22.3 Å². The van der Waals surface area contributed by atoms with E-state index in [-0.39, 0.29) is 10.8 Å². The standard InChI is InChI=1S/C122H115NO2/c1-5-9-13-17-45-76-119(77-46-18-14-10-6-2)101-67-42-39-62-95(101)114-116(119)115-112(113-98-64-41-44-69-108(98)125-118(113)114)96-73-71-90(80-103(96)120(115,78-47-19-15-11-7-3)79-48-20-16-12-8-4)123(117-92(84-50-27-21-28-51-84)65-49-66-93(117)85-52-29-22-30-53-85)91-70-72-94-99-82-106-100(83-105(99)122(104(94)81-91,88-58-35-25-36-59-88)89-60-37-26-38-61-89)110-102(74-75-109-111(110)97-63-40-43-68-107(97)124-109)121(106,86-54-31-23-32-55-86)87-56-33-24-34-57-87/h21-44,49-75,80-83H,5-20,45-48,76-79H2,1-4H3. The van der Waals surface area contributed by atoms with Crippen molar-refractivity contribution in [3.8, 4) is 66.8 Å². The van der Waals surface area contributed by atoms with Crippen molar-refractivity contribution in [1.82, 2.24) is 0 Å². The van der Waals surface area contributed by atoms with E-state index in [0.29, 0.717) is 0 Å². The fourth-order valence-corrected chi connectivity index (χ4v) is 24.3. The number of benzene rings is 15. The van der Waals surface area contributed by atoms with Crippen LogP contribution in [-0.2, 0) is 21.7 Å². The highest BCUT2D eigenvalue weighted by Crippen LogP contribution is 2.70. The van der Waals surface area contributed by atoms with Gasteiger partial charge < -0.3 is 13.7 Å². The van der Waals surface area contributed by atoms with Crippen molar-refractivity contribution < 1.29 is 8.83 Å². The monoisotopic (exact) mass is 1630 g/mol. The molecule has 2 heterocycles. The first-order valence-electron chi connectivity index (χ1n) is 47.7. The summed E-state index contributed by atoms with van der Waals surface area (Å²) < 4.78 is 14.7. The molecule has 0 saturated carbocycles. The van der Waals surface area contributed by atoms with Crippen molar-refractivity contribution >= 4 is 60.9 Å². The molecule has 21 rings (SSSR count). The number of rotatable bonds is 33. The van der Waals surface area contributed by atoms with Gasteiger partial charge in [-0.3, -0.25) is 0 Å². The lowest BCUT2D eigenvalue weighted by molar-refractivity contribution is 0.369. The Morgan fingerprint density at radius 3 is 1.14 bits per heavy atom. The molecule has 0 N–H and O–H groups in total. The van der Waals surface area contributed by atoms with Crippen LogP contribution in [0, 0.1) is 0 Å². The molecule has 0 fully saturated rings. The quantitative estimate of drug-likeness (QED) is 0.0384. The lowest BCUT2D eigenvalue weighted by Crippen LogP contribution is -2.33. The normalized spacial score (nSPS) is 14.3. The molecule has 620 valence electrons. The van der Waals surface area contributed by atoms with E-state index in [1.807, 2.05) is 0 Å². The molecule has 0 saturated heterocycles. The zero-order chi connectivity index (χ0) is 84.1. The number of furan rings is 2. The van der Waals surface area contributed by atoms with E-state index in [1.54, 1.807) is 11.1 Å². The summed E-state index contributed by atoms with van der Waals surface area (Å²) >= 11 is 0. The van der Waals surface area contributed by atoms with Crippen molar-refractivity contribution in [2.24, 2.45) is 0 Å². The molecule has 4 aliphatic carbocycles. The Morgan fingerprint density at radius 1 is 0.240 bits per heavy atom. The number of hydrogen-bond acceptors (Lipinski definition) is 3. The number of fused-ring (bicyclic) bond motifs is 22. The van der Waals surface area contributed by atoms with Gasteiger partial charge in [0, 0.05) is 60.4 Å². The summed E-state index contributed by atoms with van der Waals surface area (Å²) in [5.41, 5.74) is 36.5. The molecule has 0 amide bonds. The predicted octanol–water partition coefficient (Wildman–Crippen LogP) is 35.0. The molecule has 0 spiro atoms. The Morgan fingerprint density at radius 2 is 0.624 bits per heavy atom. The van der Waals surface area contributed by atoms with Crippen LogP contribution in [0.1, 0.15) is 249 Å². The van der Waals surface area contributed by atoms with Crippen LogP contribution in [0.25, 0.3) is 111 Å². The van der Waals surface area contributed by atoms with Gasteiger partial charge in [0.2, 0.25) is 0 Å². The lowest BCUT2D eigenvalue weighted by Gasteiger charge is -2.40. The summed E-state index contributed by atoms with van der Waals surface area (Å²) in [6.07, 6.45) is 28.9. The Labute approximate surface area is 740 Å². The molecule has 0 aliphatic heterocycles. The molecule has 0 bridgehead atoms. The van der Waals surface area contributed by atoms with E-state index in [2.05, 4.69) is 366 Å². The first kappa shape index (κ1) is 79.9. The smallest absolute Gasteiger partial charge is 0.144 e. The summed E-state index contributed by atoms with van der Waals surface area (Å²) in [7, 11) is 0. The minimum atomic E-state index is -0.845. The second-order valence-electron chi connectivity index (χ2n) is 36.8. The first-order valence-corrected chi connectivity index (χ1v) is 47.7. The lowest BCUT2D eigenvalue weighted by atomic mass is 9.62. The van der Waals surface area contributed by atoms with Crippen LogP contribution in [0.5, 0.6) is 0 Å². The fraction of sp³-hybridized carbons (Fsp3) is 0.262. The molecular formula is C122H115NO2. The molecule has 0 unspecified atom stereocenters. The number of para-hydroxylation sites is 3. The Hall–Kier alpha value is -12.3. The summed E-state index contributed by atoms with van der Waals surface area (Å²) in [5, 5.41) is 4.80. The van der Waals surface area contributed by atoms with Crippen molar-refractivity contribution in [2.75, 3.05) is 4.90 Å². The summed E-state index contributed by atoms with van der Waals surface area (Å²) in [6, 6.07) is 129.